The predicted octanol–water partition coefficient (Wildman–Crippen LogP) is 3.69. The Kier molecular flexibility index (Phi) is 4.47. The van der Waals surface area contributed by atoms with Crippen LogP contribution in [0.2, 0.25) is 0 Å². The lowest BCUT2D eigenvalue weighted by Gasteiger charge is -2.17. The molecule has 3 heterocycles. The Balaban J connectivity index is 1.46. The largest absolute Gasteiger partial charge is 0.307 e. The molecule has 0 radical (unpaired) electrons. The molecule has 0 saturated heterocycles. The van der Waals surface area contributed by atoms with Gasteiger partial charge in [0, 0.05) is 30.6 Å². The highest BCUT2D eigenvalue weighted by Crippen LogP contribution is 2.36. The average Bonchev–Trinajstić information content (AvgIpc) is 3.17. The van der Waals surface area contributed by atoms with Gasteiger partial charge < -0.3 is 4.40 Å². The summed E-state index contributed by atoms with van der Waals surface area (Å²) in [6, 6.07) is 4.41. The minimum absolute atomic E-state index is 0.130. The number of nitrogens with zero attached hydrogens (tertiary/aromatic N) is 5. The summed E-state index contributed by atoms with van der Waals surface area (Å²) in [5.74, 6) is 0.867. The molecular formula is C17H19N5OS2. The van der Waals surface area contributed by atoms with Gasteiger partial charge in [0.1, 0.15) is 5.65 Å². The molecule has 1 aliphatic rings. The van der Waals surface area contributed by atoms with Crippen LogP contribution in [0.25, 0.3) is 5.65 Å². The Labute approximate surface area is 154 Å². The fourth-order valence-corrected chi connectivity index (χ4v) is 4.50. The number of aromatic nitrogens is 4. The highest BCUT2D eigenvalue weighted by Gasteiger charge is 2.35. The minimum Gasteiger partial charge on any atom is -0.307 e. The van der Waals surface area contributed by atoms with Crippen LogP contribution in [0.5, 0.6) is 0 Å². The number of anilines is 1. The number of imidazole rings is 1. The normalized spacial score (nSPS) is 14.2. The van der Waals surface area contributed by atoms with Crippen LogP contribution in [0.3, 0.4) is 0 Å². The molecule has 130 valence electrons. The maximum atomic E-state index is 12.2. The quantitative estimate of drug-likeness (QED) is 0.487. The molecule has 1 aliphatic carbocycles. The fraction of sp³-hybridized carbons (Fsp3) is 0.412. The molecule has 3 aromatic rings. The van der Waals surface area contributed by atoms with E-state index < -0.39 is 0 Å². The monoisotopic (exact) mass is 373 g/mol. The second kappa shape index (κ2) is 6.76. The molecule has 8 heteroatoms. The van der Waals surface area contributed by atoms with E-state index in [0.717, 1.165) is 39.4 Å². The maximum Gasteiger partial charge on any atom is 0.228 e. The SMILES string of the molecule is CCC(=O)N(c1nnc(SCc2cn3cc(C)ccc3n2)s1)C1CC1. The summed E-state index contributed by atoms with van der Waals surface area (Å²) in [6.07, 6.45) is 6.75. The standard InChI is InChI=1S/C17H19N5OS2/c1-3-15(23)22(13-5-6-13)16-19-20-17(25-16)24-10-12-9-21-8-11(2)4-7-14(21)18-12/h4,7-9,13H,3,5-6,10H2,1-2H3. The molecule has 0 bridgehead atoms. The molecule has 6 nitrogen and oxygen atoms in total. The summed E-state index contributed by atoms with van der Waals surface area (Å²) in [5, 5.41) is 9.22. The van der Waals surface area contributed by atoms with E-state index in [2.05, 4.69) is 34.4 Å². The number of hydrogen-bond acceptors (Lipinski definition) is 6. The van der Waals surface area contributed by atoms with Crippen molar-refractivity contribution in [1.29, 1.82) is 0 Å². The Morgan fingerprint density at radius 3 is 2.96 bits per heavy atom. The Morgan fingerprint density at radius 2 is 2.20 bits per heavy atom. The summed E-state index contributed by atoms with van der Waals surface area (Å²) in [7, 11) is 0. The first-order valence-electron chi connectivity index (χ1n) is 8.36. The molecular weight excluding hydrogens is 354 g/mol. The first-order valence-corrected chi connectivity index (χ1v) is 10.2. The van der Waals surface area contributed by atoms with Crippen LogP contribution in [0.15, 0.2) is 28.9 Å². The topological polar surface area (TPSA) is 63.4 Å². The van der Waals surface area contributed by atoms with Crippen LogP contribution in [0.1, 0.15) is 37.4 Å². The molecule has 1 fully saturated rings. The zero-order valence-electron chi connectivity index (χ0n) is 14.2. The van der Waals surface area contributed by atoms with Crippen LogP contribution in [0, 0.1) is 6.92 Å². The highest BCUT2D eigenvalue weighted by molar-refractivity contribution is 8.00. The number of hydrogen-bond donors (Lipinski definition) is 0. The van der Waals surface area contributed by atoms with E-state index in [1.165, 1.54) is 16.9 Å². The number of rotatable bonds is 6. The van der Waals surface area contributed by atoms with E-state index in [1.807, 2.05) is 28.5 Å². The van der Waals surface area contributed by atoms with Gasteiger partial charge in [0.25, 0.3) is 0 Å². The number of amides is 1. The Hall–Kier alpha value is -1.93. The van der Waals surface area contributed by atoms with Gasteiger partial charge in [-0.3, -0.25) is 9.69 Å². The van der Waals surface area contributed by atoms with Gasteiger partial charge in [-0.2, -0.15) is 0 Å². The van der Waals surface area contributed by atoms with Crippen molar-refractivity contribution in [1.82, 2.24) is 19.6 Å². The maximum absolute atomic E-state index is 12.2. The fourth-order valence-electron chi connectivity index (χ4n) is 2.69. The van der Waals surface area contributed by atoms with Gasteiger partial charge in [-0.25, -0.2) is 4.98 Å². The van der Waals surface area contributed by atoms with Gasteiger partial charge in [-0.1, -0.05) is 36.1 Å². The average molecular weight is 374 g/mol. The molecule has 1 amide bonds. The molecule has 1 saturated carbocycles. The molecule has 0 aromatic carbocycles. The van der Waals surface area contributed by atoms with E-state index in [-0.39, 0.29) is 5.91 Å². The molecule has 0 spiro atoms. The first kappa shape index (κ1) is 16.5. The molecule has 0 aliphatic heterocycles. The zero-order chi connectivity index (χ0) is 17.4. The van der Waals surface area contributed by atoms with Crippen LogP contribution >= 0.6 is 23.1 Å². The lowest BCUT2D eigenvalue weighted by atomic mass is 10.3. The van der Waals surface area contributed by atoms with Gasteiger partial charge in [-0.05, 0) is 31.4 Å². The molecule has 25 heavy (non-hydrogen) atoms. The predicted molar refractivity (Wildman–Crippen MR) is 100 cm³/mol. The van der Waals surface area contributed by atoms with Crippen LogP contribution in [-0.4, -0.2) is 31.5 Å². The van der Waals surface area contributed by atoms with Crippen molar-refractivity contribution < 1.29 is 4.79 Å². The lowest BCUT2D eigenvalue weighted by molar-refractivity contribution is -0.118. The summed E-state index contributed by atoms with van der Waals surface area (Å²) in [5.41, 5.74) is 3.17. The molecule has 3 aromatic heterocycles. The highest BCUT2D eigenvalue weighted by atomic mass is 32.2. The van der Waals surface area contributed by atoms with Crippen LogP contribution < -0.4 is 4.90 Å². The summed E-state index contributed by atoms with van der Waals surface area (Å²) in [4.78, 5) is 18.6. The molecule has 0 atom stereocenters. The number of fused-ring (bicyclic) bond motifs is 1. The van der Waals surface area contributed by atoms with Crippen molar-refractivity contribution in [3.05, 3.63) is 35.8 Å². The third-order valence-corrected chi connectivity index (χ3v) is 6.17. The van der Waals surface area contributed by atoms with E-state index in [0.29, 0.717) is 12.5 Å². The van der Waals surface area contributed by atoms with Crippen molar-refractivity contribution in [2.45, 2.75) is 49.2 Å². The summed E-state index contributed by atoms with van der Waals surface area (Å²) >= 11 is 3.11. The van der Waals surface area contributed by atoms with Crippen molar-refractivity contribution in [2.75, 3.05) is 4.90 Å². The molecule has 0 N–H and O–H groups in total. The third kappa shape index (κ3) is 3.55. The van der Waals surface area contributed by atoms with Crippen molar-refractivity contribution in [3.63, 3.8) is 0 Å². The Bertz CT molecular complexity index is 915. The van der Waals surface area contributed by atoms with Crippen molar-refractivity contribution >= 4 is 39.8 Å². The Morgan fingerprint density at radius 1 is 1.36 bits per heavy atom. The number of pyridine rings is 1. The van der Waals surface area contributed by atoms with Gasteiger partial charge in [0.2, 0.25) is 11.0 Å². The van der Waals surface area contributed by atoms with E-state index >= 15 is 0 Å². The number of thioether (sulfide) groups is 1. The number of aryl methyl sites for hydroxylation is 1. The number of carbonyl (C=O) groups excluding carboxylic acids is 1. The smallest absolute Gasteiger partial charge is 0.228 e. The van der Waals surface area contributed by atoms with E-state index in [1.54, 1.807) is 11.8 Å². The van der Waals surface area contributed by atoms with Gasteiger partial charge in [0.05, 0.1) is 5.69 Å². The zero-order valence-corrected chi connectivity index (χ0v) is 15.8. The van der Waals surface area contributed by atoms with Crippen molar-refractivity contribution in [3.8, 4) is 0 Å². The molecule has 0 unspecified atom stereocenters. The summed E-state index contributed by atoms with van der Waals surface area (Å²) < 4.78 is 2.92. The molecule has 4 rings (SSSR count). The van der Waals surface area contributed by atoms with E-state index in [9.17, 15) is 4.79 Å². The third-order valence-electron chi connectivity index (χ3n) is 4.08. The second-order valence-electron chi connectivity index (χ2n) is 6.19. The second-order valence-corrected chi connectivity index (χ2v) is 8.37. The first-order chi connectivity index (χ1) is 12.1. The van der Waals surface area contributed by atoms with E-state index in [4.69, 9.17) is 0 Å². The van der Waals surface area contributed by atoms with Crippen molar-refractivity contribution in [2.24, 2.45) is 0 Å². The van der Waals surface area contributed by atoms with Gasteiger partial charge in [0.15, 0.2) is 4.34 Å². The minimum atomic E-state index is 0.130. The number of carbonyl (C=O) groups is 1. The van der Waals surface area contributed by atoms with Gasteiger partial charge in [-0.15, -0.1) is 10.2 Å². The van der Waals surface area contributed by atoms with Gasteiger partial charge >= 0.3 is 0 Å². The summed E-state index contributed by atoms with van der Waals surface area (Å²) in [6.45, 7) is 3.96. The van der Waals surface area contributed by atoms with Crippen LogP contribution in [0.4, 0.5) is 5.13 Å². The van der Waals surface area contributed by atoms with Crippen LogP contribution in [-0.2, 0) is 10.5 Å². The lowest BCUT2D eigenvalue weighted by Crippen LogP contribution is -2.32.